The van der Waals surface area contributed by atoms with Gasteiger partial charge in [-0.15, -0.1) is 0 Å². The van der Waals surface area contributed by atoms with Crippen molar-refractivity contribution in [2.45, 2.75) is 51.0 Å². The molecule has 17 heavy (non-hydrogen) atoms. The maximum Gasteiger partial charge on any atom is 0.206 e. The van der Waals surface area contributed by atoms with Crippen LogP contribution in [-0.2, 0) is 0 Å². The Morgan fingerprint density at radius 2 is 1.71 bits per heavy atom. The number of guanidine groups is 1. The molecule has 4 bridgehead atoms. The Balaban J connectivity index is 1.75. The van der Waals surface area contributed by atoms with Gasteiger partial charge in [-0.05, 0) is 63.2 Å². The lowest BCUT2D eigenvalue weighted by Crippen LogP contribution is -2.62. The summed E-state index contributed by atoms with van der Waals surface area (Å²) < 4.78 is 0. The van der Waals surface area contributed by atoms with E-state index in [1.807, 2.05) is 6.92 Å². The summed E-state index contributed by atoms with van der Waals surface area (Å²) in [7, 11) is 0. The first-order chi connectivity index (χ1) is 8.23. The molecule has 4 saturated carbocycles. The van der Waals surface area contributed by atoms with Crippen molar-refractivity contribution in [3.63, 3.8) is 0 Å². The molecule has 4 rings (SSSR count). The SMILES string of the molecule is CCN=C(NN)NC12CC3CC(CC(C3)C1)C2. The summed E-state index contributed by atoms with van der Waals surface area (Å²) in [5.74, 6) is 9.19. The highest BCUT2D eigenvalue weighted by Crippen LogP contribution is 2.55. The van der Waals surface area contributed by atoms with E-state index in [0.717, 1.165) is 30.3 Å². The summed E-state index contributed by atoms with van der Waals surface area (Å²) >= 11 is 0. The van der Waals surface area contributed by atoms with Crippen molar-refractivity contribution in [2.24, 2.45) is 28.6 Å². The van der Waals surface area contributed by atoms with Gasteiger partial charge in [-0.1, -0.05) is 0 Å². The number of nitrogens with two attached hydrogens (primary N) is 1. The molecule has 0 aromatic heterocycles. The van der Waals surface area contributed by atoms with Crippen molar-refractivity contribution >= 4 is 5.96 Å². The number of aliphatic imine (C=N–C) groups is 1. The minimum Gasteiger partial charge on any atom is -0.350 e. The monoisotopic (exact) mass is 236 g/mol. The van der Waals surface area contributed by atoms with Crippen LogP contribution in [0.3, 0.4) is 0 Å². The van der Waals surface area contributed by atoms with Crippen molar-refractivity contribution in [2.75, 3.05) is 6.54 Å². The van der Waals surface area contributed by atoms with Crippen LogP contribution < -0.4 is 16.6 Å². The van der Waals surface area contributed by atoms with Gasteiger partial charge < -0.3 is 5.32 Å². The zero-order valence-corrected chi connectivity index (χ0v) is 10.7. The van der Waals surface area contributed by atoms with E-state index in [0.29, 0.717) is 5.54 Å². The van der Waals surface area contributed by atoms with Crippen LogP contribution in [0.15, 0.2) is 4.99 Å². The van der Waals surface area contributed by atoms with Crippen LogP contribution in [0.4, 0.5) is 0 Å². The molecule has 0 unspecified atom stereocenters. The first-order valence-electron chi connectivity index (χ1n) is 7.02. The fourth-order valence-corrected chi connectivity index (χ4v) is 4.79. The van der Waals surface area contributed by atoms with Crippen LogP contribution in [0.5, 0.6) is 0 Å². The minimum absolute atomic E-state index is 0.301. The molecule has 0 aromatic rings. The standard InChI is InChI=1S/C13H24N4/c1-2-15-12(17-14)16-13-6-9-3-10(7-13)5-11(4-9)8-13/h9-11H,2-8,14H2,1H3,(H2,15,16,17). The van der Waals surface area contributed by atoms with Gasteiger partial charge in [0.1, 0.15) is 0 Å². The van der Waals surface area contributed by atoms with E-state index in [1.54, 1.807) is 0 Å². The molecule has 0 atom stereocenters. The number of hydrogen-bond acceptors (Lipinski definition) is 2. The molecule has 0 saturated heterocycles. The van der Waals surface area contributed by atoms with E-state index >= 15 is 0 Å². The second kappa shape index (κ2) is 4.16. The summed E-state index contributed by atoms with van der Waals surface area (Å²) in [6.07, 6.45) is 8.38. The van der Waals surface area contributed by atoms with E-state index in [1.165, 1.54) is 38.5 Å². The zero-order valence-electron chi connectivity index (χ0n) is 10.7. The van der Waals surface area contributed by atoms with Crippen molar-refractivity contribution in [1.82, 2.24) is 10.7 Å². The number of hydrogen-bond donors (Lipinski definition) is 3. The molecule has 0 amide bonds. The highest BCUT2D eigenvalue weighted by molar-refractivity contribution is 5.80. The largest absolute Gasteiger partial charge is 0.350 e. The molecule has 0 aliphatic heterocycles. The predicted octanol–water partition coefficient (Wildman–Crippen LogP) is 1.38. The third-order valence-corrected chi connectivity index (χ3v) is 4.87. The lowest BCUT2D eigenvalue weighted by atomic mass is 9.53. The van der Waals surface area contributed by atoms with Crippen LogP contribution in [0.1, 0.15) is 45.4 Å². The summed E-state index contributed by atoms with van der Waals surface area (Å²) in [5.41, 5.74) is 3.02. The van der Waals surface area contributed by atoms with Gasteiger partial charge in [-0.25, -0.2) is 5.84 Å². The first kappa shape index (κ1) is 11.3. The van der Waals surface area contributed by atoms with Gasteiger partial charge in [0.2, 0.25) is 5.96 Å². The molecule has 4 fully saturated rings. The lowest BCUT2D eigenvalue weighted by Gasteiger charge is -2.57. The Bertz CT molecular complexity index is 288. The summed E-state index contributed by atoms with van der Waals surface area (Å²) in [4.78, 5) is 4.39. The molecular weight excluding hydrogens is 212 g/mol. The maximum absolute atomic E-state index is 5.54. The van der Waals surface area contributed by atoms with Crippen LogP contribution in [0, 0.1) is 17.8 Å². The summed E-state index contributed by atoms with van der Waals surface area (Å²) in [6.45, 7) is 2.82. The van der Waals surface area contributed by atoms with Crippen LogP contribution in [0.2, 0.25) is 0 Å². The Kier molecular flexibility index (Phi) is 2.77. The second-order valence-electron chi connectivity index (χ2n) is 6.29. The van der Waals surface area contributed by atoms with Crippen molar-refractivity contribution < 1.29 is 0 Å². The molecule has 4 aliphatic rings. The smallest absolute Gasteiger partial charge is 0.206 e. The molecule has 96 valence electrons. The highest BCUT2D eigenvalue weighted by Gasteiger charge is 2.51. The Labute approximate surface area is 103 Å². The molecule has 4 heteroatoms. The van der Waals surface area contributed by atoms with Gasteiger partial charge in [0, 0.05) is 12.1 Å². The highest BCUT2D eigenvalue weighted by atomic mass is 15.3. The molecule has 0 spiro atoms. The van der Waals surface area contributed by atoms with Crippen molar-refractivity contribution in [3.05, 3.63) is 0 Å². The fraction of sp³-hybridized carbons (Fsp3) is 0.923. The summed E-state index contributed by atoms with van der Waals surface area (Å²) in [6, 6.07) is 0. The van der Waals surface area contributed by atoms with Gasteiger partial charge >= 0.3 is 0 Å². The van der Waals surface area contributed by atoms with E-state index in [2.05, 4.69) is 15.7 Å². The molecule has 4 N–H and O–H groups in total. The minimum atomic E-state index is 0.301. The summed E-state index contributed by atoms with van der Waals surface area (Å²) in [5, 5.41) is 3.63. The van der Waals surface area contributed by atoms with Crippen LogP contribution in [-0.4, -0.2) is 18.0 Å². The molecule has 0 radical (unpaired) electrons. The zero-order chi connectivity index (χ0) is 11.9. The normalized spacial score (nSPS) is 43.9. The maximum atomic E-state index is 5.54. The molecule has 0 heterocycles. The van der Waals surface area contributed by atoms with E-state index in [4.69, 9.17) is 5.84 Å². The second-order valence-corrected chi connectivity index (χ2v) is 6.29. The van der Waals surface area contributed by atoms with Crippen molar-refractivity contribution in [1.29, 1.82) is 0 Å². The number of hydrazine groups is 1. The van der Waals surface area contributed by atoms with Gasteiger partial charge in [0.25, 0.3) is 0 Å². The van der Waals surface area contributed by atoms with E-state index in [-0.39, 0.29) is 0 Å². The molecule has 0 aromatic carbocycles. The van der Waals surface area contributed by atoms with Gasteiger partial charge in [-0.2, -0.15) is 0 Å². The fourth-order valence-electron chi connectivity index (χ4n) is 4.79. The van der Waals surface area contributed by atoms with Crippen LogP contribution in [0.25, 0.3) is 0 Å². The average molecular weight is 236 g/mol. The number of rotatable bonds is 2. The van der Waals surface area contributed by atoms with E-state index in [9.17, 15) is 0 Å². The third-order valence-electron chi connectivity index (χ3n) is 4.87. The van der Waals surface area contributed by atoms with Gasteiger partial charge in [0.15, 0.2) is 0 Å². The first-order valence-corrected chi connectivity index (χ1v) is 7.02. The van der Waals surface area contributed by atoms with Gasteiger partial charge in [0.05, 0.1) is 0 Å². The average Bonchev–Trinajstić information content (AvgIpc) is 2.26. The lowest BCUT2D eigenvalue weighted by molar-refractivity contribution is -0.0105. The Morgan fingerprint density at radius 3 is 2.12 bits per heavy atom. The molecule has 4 aliphatic carbocycles. The quantitative estimate of drug-likeness (QED) is 0.294. The predicted molar refractivity (Wildman–Crippen MR) is 69.3 cm³/mol. The number of nitrogens with zero attached hydrogens (tertiary/aromatic N) is 1. The van der Waals surface area contributed by atoms with Gasteiger partial charge in [-0.3, -0.25) is 10.4 Å². The van der Waals surface area contributed by atoms with Crippen LogP contribution >= 0.6 is 0 Å². The Morgan fingerprint density at radius 1 is 1.18 bits per heavy atom. The molecular formula is C13H24N4. The number of nitrogens with one attached hydrogen (secondary N) is 2. The Hall–Kier alpha value is -0.770. The van der Waals surface area contributed by atoms with E-state index < -0.39 is 0 Å². The topological polar surface area (TPSA) is 62.4 Å². The third kappa shape index (κ3) is 2.03. The van der Waals surface area contributed by atoms with Crippen molar-refractivity contribution in [3.8, 4) is 0 Å². The molecule has 4 nitrogen and oxygen atoms in total.